The first-order chi connectivity index (χ1) is 24.5. The van der Waals surface area contributed by atoms with Gasteiger partial charge in [0, 0.05) is 24.4 Å². The lowest BCUT2D eigenvalue weighted by Crippen LogP contribution is -2.27. The van der Waals surface area contributed by atoms with Crippen molar-refractivity contribution in [3.05, 3.63) is 79.9 Å². The van der Waals surface area contributed by atoms with E-state index in [1.807, 2.05) is 61.5 Å². The average Bonchev–Trinajstić information content (AvgIpc) is 3.71. The van der Waals surface area contributed by atoms with Gasteiger partial charge in [-0.3, -0.25) is 0 Å². The molecule has 4 rings (SSSR count). The van der Waals surface area contributed by atoms with Gasteiger partial charge in [0.1, 0.15) is 22.2 Å². The van der Waals surface area contributed by atoms with E-state index in [0.29, 0.717) is 37.2 Å². The summed E-state index contributed by atoms with van der Waals surface area (Å²) in [6.45, 7) is 11.7. The minimum Gasteiger partial charge on any atom is -0.494 e. The summed E-state index contributed by atoms with van der Waals surface area (Å²) in [4.78, 5) is 29.8. The van der Waals surface area contributed by atoms with E-state index in [0.717, 1.165) is 70.0 Å². The van der Waals surface area contributed by atoms with E-state index >= 15 is 0 Å². The quantitative estimate of drug-likeness (QED) is 0.0323. The summed E-state index contributed by atoms with van der Waals surface area (Å²) in [6, 6.07) is 17.3. The summed E-state index contributed by atoms with van der Waals surface area (Å²) in [7, 11) is 0. The van der Waals surface area contributed by atoms with Gasteiger partial charge in [0.2, 0.25) is 5.13 Å². The molecule has 0 N–H and O–H groups in total. The number of carbonyl (C=O) groups excluding carboxylic acids is 2. The number of unbranched alkanes of at least 4 members (excludes halogenated alkanes) is 7. The maximum atomic E-state index is 11.3. The number of ether oxygens (including phenoxy) is 3. The largest absolute Gasteiger partial charge is 0.494 e. The van der Waals surface area contributed by atoms with Crippen molar-refractivity contribution < 1.29 is 23.8 Å². The van der Waals surface area contributed by atoms with Crippen LogP contribution in [0.25, 0.3) is 9.53 Å². The molecule has 264 valence electrons. The number of hydrogen-bond acceptors (Lipinski definition) is 13. The van der Waals surface area contributed by atoms with E-state index in [4.69, 9.17) is 14.2 Å². The van der Waals surface area contributed by atoms with Crippen LogP contribution in [0, 0.1) is 0 Å². The van der Waals surface area contributed by atoms with E-state index in [1.165, 1.54) is 54.4 Å². The van der Waals surface area contributed by atoms with E-state index < -0.39 is 5.97 Å². The van der Waals surface area contributed by atoms with Crippen LogP contribution < -0.4 is 9.64 Å². The number of likely N-dealkylation sites (N-methyl/N-ethyl adjacent to an activating group) is 1. The standard InChI is InChI=1S/C37H44N6O5S2/c1-4-34(44)47-25-14-12-10-8-7-9-11-13-24-46-31-21-17-29(18-22-31)39-41-33-27-32-36(50-33)38-37(49-32)42-40-28-15-19-30(20-16-28)43(6-3)23-26-48-35(45)5-2/h4-5,15-22,27H,1-2,6-14,23-26H2,3H3. The fourth-order valence-corrected chi connectivity index (χ4v) is 6.67. The number of carbonyl (C=O) groups is 2. The summed E-state index contributed by atoms with van der Waals surface area (Å²) >= 11 is 2.91. The molecule has 0 saturated heterocycles. The van der Waals surface area contributed by atoms with Gasteiger partial charge in [-0.25, -0.2) is 14.6 Å². The molecule has 0 bridgehead atoms. The predicted molar refractivity (Wildman–Crippen MR) is 201 cm³/mol. The van der Waals surface area contributed by atoms with Crippen molar-refractivity contribution >= 4 is 71.3 Å². The Kier molecular flexibility index (Phi) is 16.3. The Balaban J connectivity index is 1.13. The maximum Gasteiger partial charge on any atom is 0.330 e. The normalized spacial score (nSPS) is 11.3. The van der Waals surface area contributed by atoms with E-state index in [2.05, 4.69) is 43.5 Å². The molecule has 2 aromatic heterocycles. The topological polar surface area (TPSA) is 127 Å². The van der Waals surface area contributed by atoms with E-state index in [-0.39, 0.29) is 5.97 Å². The molecule has 2 heterocycles. The number of thiophene rings is 1. The van der Waals surface area contributed by atoms with Crippen molar-refractivity contribution in [1.29, 1.82) is 0 Å². The number of rotatable bonds is 23. The fourth-order valence-electron chi connectivity index (χ4n) is 4.82. The third-order valence-electron chi connectivity index (χ3n) is 7.50. The molecule has 0 aliphatic heterocycles. The van der Waals surface area contributed by atoms with Crippen molar-refractivity contribution in [2.75, 3.05) is 37.8 Å². The number of benzene rings is 2. The number of hydrogen-bond donors (Lipinski definition) is 0. The second kappa shape index (κ2) is 21.4. The molecular formula is C37H44N6O5S2. The second-order valence-electron chi connectivity index (χ2n) is 11.2. The summed E-state index contributed by atoms with van der Waals surface area (Å²) in [6.07, 6.45) is 11.3. The Labute approximate surface area is 301 Å². The van der Waals surface area contributed by atoms with Gasteiger partial charge >= 0.3 is 11.9 Å². The monoisotopic (exact) mass is 716 g/mol. The third kappa shape index (κ3) is 13.3. The molecule has 0 radical (unpaired) electrons. The number of nitrogens with zero attached hydrogens (tertiary/aromatic N) is 6. The molecule has 0 atom stereocenters. The summed E-state index contributed by atoms with van der Waals surface area (Å²) in [5.41, 5.74) is 2.47. The highest BCUT2D eigenvalue weighted by Crippen LogP contribution is 2.39. The molecule has 0 aliphatic carbocycles. The second-order valence-corrected chi connectivity index (χ2v) is 13.2. The number of anilines is 1. The third-order valence-corrected chi connectivity index (χ3v) is 9.43. The summed E-state index contributed by atoms with van der Waals surface area (Å²) in [5, 5.41) is 18.8. The first-order valence-electron chi connectivity index (χ1n) is 16.9. The van der Waals surface area contributed by atoms with Gasteiger partial charge in [0.15, 0.2) is 0 Å². The number of aromatic nitrogens is 1. The minimum atomic E-state index is -0.423. The van der Waals surface area contributed by atoms with Crippen molar-refractivity contribution in [3.63, 3.8) is 0 Å². The van der Waals surface area contributed by atoms with Gasteiger partial charge in [-0.2, -0.15) is 0 Å². The molecule has 0 aliphatic rings. The molecule has 0 fully saturated rings. The highest BCUT2D eigenvalue weighted by atomic mass is 32.1. The Bertz CT molecular complexity index is 1680. The van der Waals surface area contributed by atoms with Gasteiger partial charge < -0.3 is 19.1 Å². The molecule has 2 aromatic carbocycles. The van der Waals surface area contributed by atoms with Crippen LogP contribution in [0.1, 0.15) is 58.3 Å². The van der Waals surface area contributed by atoms with Crippen LogP contribution in [0.15, 0.2) is 100 Å². The Morgan fingerprint density at radius 3 is 1.94 bits per heavy atom. The Hall–Kier alpha value is -4.75. The molecule has 0 saturated carbocycles. The average molecular weight is 717 g/mol. The fraction of sp³-hybridized carbons (Fsp3) is 0.378. The van der Waals surface area contributed by atoms with Crippen molar-refractivity contribution in [1.82, 2.24) is 4.98 Å². The van der Waals surface area contributed by atoms with E-state index in [1.54, 1.807) is 0 Å². The highest BCUT2D eigenvalue weighted by Gasteiger charge is 2.09. The first kappa shape index (κ1) is 38.1. The first-order valence-corrected chi connectivity index (χ1v) is 18.5. The van der Waals surface area contributed by atoms with Gasteiger partial charge in [-0.05, 0) is 74.4 Å². The smallest absolute Gasteiger partial charge is 0.330 e. The molecule has 4 aromatic rings. The van der Waals surface area contributed by atoms with E-state index in [9.17, 15) is 9.59 Å². The van der Waals surface area contributed by atoms with Crippen LogP contribution in [0.5, 0.6) is 5.75 Å². The van der Waals surface area contributed by atoms with Crippen LogP contribution in [-0.4, -0.2) is 49.8 Å². The molecular weight excluding hydrogens is 673 g/mol. The summed E-state index contributed by atoms with van der Waals surface area (Å²) < 4.78 is 17.0. The Morgan fingerprint density at radius 1 is 0.740 bits per heavy atom. The lowest BCUT2D eigenvalue weighted by molar-refractivity contribution is -0.138. The van der Waals surface area contributed by atoms with Crippen LogP contribution in [-0.2, 0) is 19.1 Å². The number of thiazole rings is 1. The van der Waals surface area contributed by atoms with Gasteiger partial charge in [0.25, 0.3) is 0 Å². The van der Waals surface area contributed by atoms with Crippen LogP contribution in [0.2, 0.25) is 0 Å². The number of fused-ring (bicyclic) bond motifs is 1. The van der Waals surface area contributed by atoms with Crippen molar-refractivity contribution in [2.45, 2.75) is 58.3 Å². The predicted octanol–water partition coefficient (Wildman–Crippen LogP) is 11.0. The molecule has 11 nitrogen and oxygen atoms in total. The molecule has 13 heteroatoms. The van der Waals surface area contributed by atoms with Crippen LogP contribution in [0.3, 0.4) is 0 Å². The zero-order chi connectivity index (χ0) is 35.4. The highest BCUT2D eigenvalue weighted by molar-refractivity contribution is 7.30. The Morgan fingerprint density at radius 2 is 1.32 bits per heavy atom. The molecule has 0 unspecified atom stereocenters. The molecule has 0 amide bonds. The summed E-state index contributed by atoms with van der Waals surface area (Å²) in [5.74, 6) is 0.0575. The van der Waals surface area contributed by atoms with Crippen molar-refractivity contribution in [2.24, 2.45) is 20.5 Å². The maximum absolute atomic E-state index is 11.3. The minimum absolute atomic E-state index is 0.290. The van der Waals surface area contributed by atoms with Gasteiger partial charge in [-0.15, -0.1) is 20.5 Å². The number of azo groups is 2. The lowest BCUT2D eigenvalue weighted by atomic mass is 10.1. The molecule has 0 spiro atoms. The van der Waals surface area contributed by atoms with Gasteiger partial charge in [-0.1, -0.05) is 74.4 Å². The van der Waals surface area contributed by atoms with Gasteiger partial charge in [0.05, 0.1) is 35.8 Å². The zero-order valence-corrected chi connectivity index (χ0v) is 30.1. The SMILES string of the molecule is C=CC(=O)OCCCCCCCCCCOc1ccc(N=Nc2cc3sc(N=Nc4ccc(N(CC)CCOC(=O)C=C)cc4)nc3s2)cc1. The number of esters is 2. The lowest BCUT2D eigenvalue weighted by Gasteiger charge is -2.22. The van der Waals surface area contributed by atoms with Crippen LogP contribution in [0.4, 0.5) is 27.2 Å². The molecule has 50 heavy (non-hydrogen) atoms. The van der Waals surface area contributed by atoms with Crippen LogP contribution >= 0.6 is 22.7 Å². The zero-order valence-electron chi connectivity index (χ0n) is 28.5. The van der Waals surface area contributed by atoms with Crippen molar-refractivity contribution in [3.8, 4) is 5.75 Å².